The standard InChI is InChI=1S/C22H24N2O4/c1-26-18-8-7-16(13-24-12-15-5-3-2-4-6-15)17-11-19(28-22(17)18)21(25)20-14-23-9-10-27-20/h2-8,11,20,23-24H,9-10,12-14H2,1H3. The summed E-state index contributed by atoms with van der Waals surface area (Å²) >= 11 is 0. The molecule has 1 aliphatic rings. The van der Waals surface area contributed by atoms with Crippen LogP contribution in [0.2, 0.25) is 0 Å². The van der Waals surface area contributed by atoms with Crippen molar-refractivity contribution in [3.63, 3.8) is 0 Å². The van der Waals surface area contributed by atoms with Crippen LogP contribution in [0.1, 0.15) is 21.7 Å². The van der Waals surface area contributed by atoms with Crippen LogP contribution < -0.4 is 15.4 Å². The first kappa shape index (κ1) is 18.7. The highest BCUT2D eigenvalue weighted by molar-refractivity contribution is 6.02. The predicted octanol–water partition coefficient (Wildman–Crippen LogP) is 2.90. The minimum absolute atomic E-state index is 0.145. The van der Waals surface area contributed by atoms with Gasteiger partial charge in [-0.3, -0.25) is 4.79 Å². The Kier molecular flexibility index (Phi) is 5.71. The second-order valence-electron chi connectivity index (χ2n) is 6.80. The molecule has 28 heavy (non-hydrogen) atoms. The number of nitrogens with one attached hydrogen (secondary N) is 2. The smallest absolute Gasteiger partial charge is 0.227 e. The summed E-state index contributed by atoms with van der Waals surface area (Å²) in [4.78, 5) is 12.8. The average molecular weight is 380 g/mol. The number of carbonyl (C=O) groups is 1. The Morgan fingerprint density at radius 1 is 1.21 bits per heavy atom. The van der Waals surface area contributed by atoms with Gasteiger partial charge in [-0.2, -0.15) is 0 Å². The van der Waals surface area contributed by atoms with Crippen LogP contribution in [0.25, 0.3) is 11.0 Å². The van der Waals surface area contributed by atoms with Crippen LogP contribution in [0.4, 0.5) is 0 Å². The van der Waals surface area contributed by atoms with Crippen LogP contribution in [-0.2, 0) is 17.8 Å². The molecule has 6 heteroatoms. The van der Waals surface area contributed by atoms with Gasteiger partial charge < -0.3 is 24.5 Å². The third-order valence-corrected chi connectivity index (χ3v) is 4.91. The number of ketones is 1. The number of furan rings is 1. The second-order valence-corrected chi connectivity index (χ2v) is 6.80. The number of Topliss-reactive ketones (excluding diaryl/α,β-unsaturated/α-hetero) is 1. The van der Waals surface area contributed by atoms with Crippen molar-refractivity contribution < 1.29 is 18.7 Å². The molecule has 2 aromatic carbocycles. The van der Waals surface area contributed by atoms with Crippen molar-refractivity contribution in [2.45, 2.75) is 19.2 Å². The zero-order chi connectivity index (χ0) is 19.3. The maximum absolute atomic E-state index is 12.8. The summed E-state index contributed by atoms with van der Waals surface area (Å²) in [5.41, 5.74) is 2.86. The third kappa shape index (κ3) is 3.94. The summed E-state index contributed by atoms with van der Waals surface area (Å²) in [6.45, 7) is 3.20. The van der Waals surface area contributed by atoms with Gasteiger partial charge in [-0.05, 0) is 23.3 Å². The molecule has 0 bridgehead atoms. The van der Waals surface area contributed by atoms with Gasteiger partial charge in [0.05, 0.1) is 13.7 Å². The topological polar surface area (TPSA) is 72.7 Å². The molecule has 2 heterocycles. The van der Waals surface area contributed by atoms with E-state index in [4.69, 9.17) is 13.9 Å². The maximum Gasteiger partial charge on any atom is 0.227 e. The minimum Gasteiger partial charge on any atom is -0.493 e. The van der Waals surface area contributed by atoms with Crippen LogP contribution in [0.5, 0.6) is 5.75 Å². The van der Waals surface area contributed by atoms with Gasteiger partial charge >= 0.3 is 0 Å². The van der Waals surface area contributed by atoms with Crippen molar-refractivity contribution in [1.82, 2.24) is 10.6 Å². The molecule has 3 aromatic rings. The van der Waals surface area contributed by atoms with Gasteiger partial charge in [-0.15, -0.1) is 0 Å². The largest absolute Gasteiger partial charge is 0.493 e. The molecular formula is C22H24N2O4. The Hall–Kier alpha value is -2.67. The fraction of sp³-hybridized carbons (Fsp3) is 0.318. The van der Waals surface area contributed by atoms with Gasteiger partial charge in [0.15, 0.2) is 17.1 Å². The van der Waals surface area contributed by atoms with Gasteiger partial charge in [0, 0.05) is 31.6 Å². The zero-order valence-electron chi connectivity index (χ0n) is 15.9. The average Bonchev–Trinajstić information content (AvgIpc) is 3.20. The van der Waals surface area contributed by atoms with Crippen molar-refractivity contribution in [3.8, 4) is 5.75 Å². The van der Waals surface area contributed by atoms with Crippen molar-refractivity contribution in [2.75, 3.05) is 26.8 Å². The number of morpholine rings is 1. The lowest BCUT2D eigenvalue weighted by Crippen LogP contribution is -2.43. The van der Waals surface area contributed by atoms with E-state index in [0.29, 0.717) is 36.8 Å². The highest BCUT2D eigenvalue weighted by Crippen LogP contribution is 2.32. The fourth-order valence-corrected chi connectivity index (χ4v) is 3.42. The number of rotatable bonds is 7. The predicted molar refractivity (Wildman–Crippen MR) is 107 cm³/mol. The normalized spacial score (nSPS) is 17.0. The highest BCUT2D eigenvalue weighted by atomic mass is 16.5. The van der Waals surface area contributed by atoms with Gasteiger partial charge in [0.1, 0.15) is 6.10 Å². The summed E-state index contributed by atoms with van der Waals surface area (Å²) in [5.74, 6) is 0.773. The molecule has 0 amide bonds. The van der Waals surface area contributed by atoms with E-state index >= 15 is 0 Å². The number of ether oxygens (including phenoxy) is 2. The first-order valence-electron chi connectivity index (χ1n) is 9.47. The van der Waals surface area contributed by atoms with Crippen molar-refractivity contribution >= 4 is 16.8 Å². The quantitative estimate of drug-likeness (QED) is 0.614. The van der Waals surface area contributed by atoms with E-state index in [2.05, 4.69) is 22.8 Å². The molecule has 2 N–H and O–H groups in total. The lowest BCUT2D eigenvalue weighted by Gasteiger charge is -2.21. The Bertz CT molecular complexity index is 946. The monoisotopic (exact) mass is 380 g/mol. The third-order valence-electron chi connectivity index (χ3n) is 4.91. The Balaban J connectivity index is 1.56. The molecule has 0 radical (unpaired) electrons. The van der Waals surface area contributed by atoms with Crippen LogP contribution in [0.15, 0.2) is 52.9 Å². The number of hydrogen-bond acceptors (Lipinski definition) is 6. The first-order valence-corrected chi connectivity index (χ1v) is 9.47. The van der Waals surface area contributed by atoms with E-state index in [-0.39, 0.29) is 5.78 Å². The molecule has 0 spiro atoms. The highest BCUT2D eigenvalue weighted by Gasteiger charge is 2.27. The summed E-state index contributed by atoms with van der Waals surface area (Å²) < 4.78 is 16.9. The number of benzene rings is 2. The molecule has 0 saturated carbocycles. The zero-order valence-corrected chi connectivity index (χ0v) is 15.9. The Morgan fingerprint density at radius 3 is 2.82 bits per heavy atom. The first-order chi connectivity index (χ1) is 13.8. The molecule has 146 valence electrons. The van der Waals surface area contributed by atoms with E-state index < -0.39 is 6.10 Å². The van der Waals surface area contributed by atoms with E-state index in [9.17, 15) is 4.79 Å². The van der Waals surface area contributed by atoms with E-state index in [1.54, 1.807) is 13.2 Å². The van der Waals surface area contributed by atoms with Crippen molar-refractivity contribution in [3.05, 3.63) is 65.4 Å². The van der Waals surface area contributed by atoms with Crippen LogP contribution >= 0.6 is 0 Å². The molecule has 1 fully saturated rings. The van der Waals surface area contributed by atoms with E-state index in [0.717, 1.165) is 24.0 Å². The lowest BCUT2D eigenvalue weighted by atomic mass is 10.1. The summed E-state index contributed by atoms with van der Waals surface area (Å²) in [6, 6.07) is 15.9. The number of hydrogen-bond donors (Lipinski definition) is 2. The van der Waals surface area contributed by atoms with Crippen LogP contribution in [-0.4, -0.2) is 38.7 Å². The SMILES string of the molecule is COc1ccc(CNCc2ccccc2)c2cc(C(=O)C3CNCCO3)oc12. The van der Waals surface area contributed by atoms with Gasteiger partial charge in [-0.1, -0.05) is 36.4 Å². The molecule has 4 rings (SSSR count). The number of methoxy groups -OCH3 is 1. The van der Waals surface area contributed by atoms with Gasteiger partial charge in [0.2, 0.25) is 5.78 Å². The molecule has 1 saturated heterocycles. The minimum atomic E-state index is -0.514. The summed E-state index contributed by atoms with van der Waals surface area (Å²) in [7, 11) is 1.60. The second kappa shape index (κ2) is 8.56. The molecule has 1 unspecified atom stereocenters. The van der Waals surface area contributed by atoms with E-state index in [1.807, 2.05) is 30.3 Å². The summed E-state index contributed by atoms with van der Waals surface area (Å²) in [6.07, 6.45) is -0.514. The molecule has 1 aliphatic heterocycles. The Labute approximate surface area is 163 Å². The van der Waals surface area contributed by atoms with Gasteiger partial charge in [0.25, 0.3) is 0 Å². The molecule has 6 nitrogen and oxygen atoms in total. The van der Waals surface area contributed by atoms with Crippen LogP contribution in [0.3, 0.4) is 0 Å². The lowest BCUT2D eigenvalue weighted by molar-refractivity contribution is 0.0251. The number of carbonyl (C=O) groups excluding carboxylic acids is 1. The van der Waals surface area contributed by atoms with Gasteiger partial charge in [-0.25, -0.2) is 0 Å². The van der Waals surface area contributed by atoms with Crippen LogP contribution in [0, 0.1) is 0 Å². The molecule has 1 aromatic heterocycles. The van der Waals surface area contributed by atoms with Crippen molar-refractivity contribution in [2.24, 2.45) is 0 Å². The fourth-order valence-electron chi connectivity index (χ4n) is 3.42. The molecule has 1 atom stereocenters. The molecular weight excluding hydrogens is 356 g/mol. The maximum atomic E-state index is 12.8. The Morgan fingerprint density at radius 2 is 2.07 bits per heavy atom. The number of fused-ring (bicyclic) bond motifs is 1. The van der Waals surface area contributed by atoms with Crippen molar-refractivity contribution in [1.29, 1.82) is 0 Å². The van der Waals surface area contributed by atoms with E-state index in [1.165, 1.54) is 5.56 Å². The molecule has 0 aliphatic carbocycles. The summed E-state index contributed by atoms with van der Waals surface area (Å²) in [5, 5.41) is 7.50.